The van der Waals surface area contributed by atoms with E-state index in [4.69, 9.17) is 5.11 Å². The Kier molecular flexibility index (Phi) is 10.8. The molecular formula is C8H11KO4. The number of carboxylic acid groups (broad SMARTS) is 2. The summed E-state index contributed by atoms with van der Waals surface area (Å²) in [4.78, 5) is 20.2. The van der Waals surface area contributed by atoms with Crippen LogP contribution in [0.5, 0.6) is 0 Å². The molecule has 13 heavy (non-hydrogen) atoms. The molecule has 0 radical (unpaired) electrons. The van der Waals surface area contributed by atoms with Gasteiger partial charge in [-0.15, -0.1) is 0 Å². The molecule has 0 aromatic rings. The van der Waals surface area contributed by atoms with Crippen LogP contribution in [0.15, 0.2) is 11.6 Å². The van der Waals surface area contributed by atoms with Crippen molar-refractivity contribution >= 4 is 11.9 Å². The van der Waals surface area contributed by atoms with Gasteiger partial charge < -0.3 is 15.0 Å². The largest absolute Gasteiger partial charge is 1.00 e. The third-order valence-electron chi connectivity index (χ3n) is 1.37. The first-order chi connectivity index (χ1) is 5.54. The summed E-state index contributed by atoms with van der Waals surface area (Å²) in [7, 11) is 0. The van der Waals surface area contributed by atoms with Crippen molar-refractivity contribution in [3.8, 4) is 0 Å². The van der Waals surface area contributed by atoms with Crippen molar-refractivity contribution in [1.82, 2.24) is 0 Å². The smallest absolute Gasteiger partial charge is 0.545 e. The van der Waals surface area contributed by atoms with Crippen LogP contribution in [-0.2, 0) is 9.59 Å². The van der Waals surface area contributed by atoms with E-state index in [1.54, 1.807) is 0 Å². The van der Waals surface area contributed by atoms with Crippen molar-refractivity contribution in [1.29, 1.82) is 0 Å². The molecule has 5 heteroatoms. The standard InChI is InChI=1S/C8H12O4.K/c1-6(8(11)12)4-2-3-5-7(9)10;/h4H,2-3,5H2,1H3,(H,9,10)(H,11,12);/q;+1/p-1. The number of allylic oxidation sites excluding steroid dienone is 1. The first kappa shape index (κ1) is 15.8. The van der Waals surface area contributed by atoms with Crippen LogP contribution in [-0.4, -0.2) is 17.0 Å². The summed E-state index contributed by atoms with van der Waals surface area (Å²) in [5.41, 5.74) is 0.153. The molecule has 0 saturated heterocycles. The summed E-state index contributed by atoms with van der Waals surface area (Å²) >= 11 is 0. The number of unbranched alkanes of at least 4 members (excludes halogenated alkanes) is 1. The van der Waals surface area contributed by atoms with Crippen molar-refractivity contribution in [2.45, 2.75) is 26.2 Å². The van der Waals surface area contributed by atoms with E-state index in [1.165, 1.54) is 13.0 Å². The third kappa shape index (κ3) is 10.2. The van der Waals surface area contributed by atoms with Crippen molar-refractivity contribution in [3.05, 3.63) is 11.6 Å². The fourth-order valence-corrected chi connectivity index (χ4v) is 0.655. The molecule has 0 unspecified atom stereocenters. The molecular weight excluding hydrogens is 199 g/mol. The number of carbonyl (C=O) groups is 2. The van der Waals surface area contributed by atoms with E-state index in [1.807, 2.05) is 0 Å². The zero-order valence-corrected chi connectivity index (χ0v) is 11.0. The molecule has 0 rings (SSSR count). The fraction of sp³-hybridized carbons (Fsp3) is 0.500. The average molecular weight is 210 g/mol. The number of carbonyl (C=O) groups excluding carboxylic acids is 1. The molecule has 0 aromatic heterocycles. The third-order valence-corrected chi connectivity index (χ3v) is 1.37. The second-order valence-corrected chi connectivity index (χ2v) is 2.46. The quantitative estimate of drug-likeness (QED) is 0.297. The van der Waals surface area contributed by atoms with Gasteiger partial charge in [0.2, 0.25) is 0 Å². The van der Waals surface area contributed by atoms with Gasteiger partial charge in [-0.3, -0.25) is 4.79 Å². The van der Waals surface area contributed by atoms with Crippen LogP contribution in [0, 0.1) is 0 Å². The maximum Gasteiger partial charge on any atom is 1.00 e. The number of aliphatic carboxylic acids is 2. The molecule has 0 saturated carbocycles. The minimum absolute atomic E-state index is 0. The first-order valence-corrected chi connectivity index (χ1v) is 3.64. The van der Waals surface area contributed by atoms with Crippen LogP contribution in [0.4, 0.5) is 0 Å². The molecule has 0 heterocycles. The Morgan fingerprint density at radius 1 is 1.46 bits per heavy atom. The van der Waals surface area contributed by atoms with Gasteiger partial charge in [0.1, 0.15) is 0 Å². The molecule has 0 bridgehead atoms. The molecule has 0 aliphatic heterocycles. The molecule has 0 spiro atoms. The Morgan fingerprint density at radius 2 is 2.00 bits per heavy atom. The summed E-state index contributed by atoms with van der Waals surface area (Å²) in [6, 6.07) is 0. The summed E-state index contributed by atoms with van der Waals surface area (Å²) in [6.45, 7) is 1.43. The second-order valence-electron chi connectivity index (χ2n) is 2.46. The number of carboxylic acids is 2. The van der Waals surface area contributed by atoms with Gasteiger partial charge in [-0.25, -0.2) is 0 Å². The van der Waals surface area contributed by atoms with E-state index in [-0.39, 0.29) is 63.4 Å². The van der Waals surface area contributed by atoms with E-state index in [9.17, 15) is 14.7 Å². The minimum atomic E-state index is -1.20. The Bertz CT molecular complexity index is 210. The fourth-order valence-electron chi connectivity index (χ4n) is 0.655. The SMILES string of the molecule is CC(=CCCCC(=O)O)C(=O)[O-].[K+]. The van der Waals surface area contributed by atoms with Crippen LogP contribution in [0.3, 0.4) is 0 Å². The number of hydrogen-bond donors (Lipinski definition) is 1. The van der Waals surface area contributed by atoms with E-state index < -0.39 is 11.9 Å². The van der Waals surface area contributed by atoms with Crippen molar-refractivity contribution in [3.63, 3.8) is 0 Å². The van der Waals surface area contributed by atoms with Crippen LogP contribution in [0.1, 0.15) is 26.2 Å². The van der Waals surface area contributed by atoms with Gasteiger partial charge in [0.25, 0.3) is 0 Å². The molecule has 0 aromatic carbocycles. The summed E-state index contributed by atoms with van der Waals surface area (Å²) in [6.07, 6.45) is 2.46. The molecule has 0 aliphatic carbocycles. The molecule has 1 N–H and O–H groups in total. The molecule has 0 amide bonds. The van der Waals surface area contributed by atoms with Crippen LogP contribution >= 0.6 is 0 Å². The molecule has 0 fully saturated rings. The van der Waals surface area contributed by atoms with Gasteiger partial charge in [0.15, 0.2) is 0 Å². The molecule has 4 nitrogen and oxygen atoms in total. The number of hydrogen-bond acceptors (Lipinski definition) is 3. The average Bonchev–Trinajstić information content (AvgIpc) is 1.97. The number of rotatable bonds is 5. The second kappa shape index (κ2) is 8.89. The predicted octanol–water partition coefficient (Wildman–Crippen LogP) is -3.06. The minimum Gasteiger partial charge on any atom is -0.545 e. The van der Waals surface area contributed by atoms with Crippen LogP contribution in [0.25, 0.3) is 0 Å². The van der Waals surface area contributed by atoms with Crippen LogP contribution < -0.4 is 56.5 Å². The van der Waals surface area contributed by atoms with Gasteiger partial charge in [0.05, 0.1) is 5.97 Å². The molecule has 0 aliphatic rings. The summed E-state index contributed by atoms with van der Waals surface area (Å²) in [5.74, 6) is -2.07. The first-order valence-electron chi connectivity index (χ1n) is 3.64. The van der Waals surface area contributed by atoms with E-state index in [0.717, 1.165) is 0 Å². The zero-order chi connectivity index (χ0) is 9.56. The normalized spacial score (nSPS) is 10.4. The topological polar surface area (TPSA) is 77.4 Å². The summed E-state index contributed by atoms with van der Waals surface area (Å²) < 4.78 is 0. The van der Waals surface area contributed by atoms with Gasteiger partial charge >= 0.3 is 57.4 Å². The van der Waals surface area contributed by atoms with Gasteiger partial charge in [-0.1, -0.05) is 6.08 Å². The van der Waals surface area contributed by atoms with E-state index >= 15 is 0 Å². The Morgan fingerprint density at radius 3 is 2.38 bits per heavy atom. The summed E-state index contributed by atoms with van der Waals surface area (Å²) in [5, 5.41) is 18.4. The van der Waals surface area contributed by atoms with Crippen molar-refractivity contribution < 1.29 is 71.2 Å². The van der Waals surface area contributed by atoms with E-state index in [0.29, 0.717) is 12.8 Å². The van der Waals surface area contributed by atoms with Gasteiger partial charge in [-0.05, 0) is 25.3 Å². The van der Waals surface area contributed by atoms with Gasteiger partial charge in [0, 0.05) is 6.42 Å². The predicted molar refractivity (Wildman–Crippen MR) is 40.3 cm³/mol. The zero-order valence-electron chi connectivity index (χ0n) is 7.87. The Balaban J connectivity index is 0. The van der Waals surface area contributed by atoms with Crippen molar-refractivity contribution in [2.24, 2.45) is 0 Å². The van der Waals surface area contributed by atoms with E-state index in [2.05, 4.69) is 0 Å². The molecule has 68 valence electrons. The molecule has 0 atom stereocenters. The Hall–Kier alpha value is 0.316. The van der Waals surface area contributed by atoms with Crippen molar-refractivity contribution in [2.75, 3.05) is 0 Å². The maximum absolute atomic E-state index is 10.1. The Labute approximate surface area is 119 Å². The van der Waals surface area contributed by atoms with Crippen LogP contribution in [0.2, 0.25) is 0 Å². The maximum atomic E-state index is 10.1. The monoisotopic (exact) mass is 210 g/mol. The van der Waals surface area contributed by atoms with Gasteiger partial charge in [-0.2, -0.15) is 0 Å².